The van der Waals surface area contributed by atoms with E-state index in [1.54, 1.807) is 0 Å². The molecule has 2 atom stereocenters. The van der Waals surface area contributed by atoms with E-state index in [0.29, 0.717) is 30.7 Å². The molecular formula is C17H28N2O2. The third-order valence-electron chi connectivity index (χ3n) is 4.27. The van der Waals surface area contributed by atoms with Crippen LogP contribution in [0.4, 0.5) is 11.4 Å². The van der Waals surface area contributed by atoms with E-state index in [0.717, 1.165) is 30.8 Å². The summed E-state index contributed by atoms with van der Waals surface area (Å²) in [5, 5.41) is 12.9. The first-order valence-corrected chi connectivity index (χ1v) is 8.11. The maximum atomic E-state index is 9.48. The summed E-state index contributed by atoms with van der Waals surface area (Å²) in [4.78, 5) is 0. The number of nitrogen functional groups attached to an aromatic ring is 1. The summed E-state index contributed by atoms with van der Waals surface area (Å²) >= 11 is 0. The quantitative estimate of drug-likeness (QED) is 0.675. The number of aliphatic hydroxyl groups is 1. The Morgan fingerprint density at radius 3 is 2.71 bits per heavy atom. The number of nitrogens with one attached hydrogen (secondary N) is 1. The van der Waals surface area contributed by atoms with Crippen LogP contribution in [0.5, 0.6) is 5.75 Å². The molecule has 0 heterocycles. The third kappa shape index (κ3) is 4.81. The number of aliphatic hydroxyl groups excluding tert-OH is 1. The number of ether oxygens (including phenoxy) is 1. The molecule has 0 bridgehead atoms. The molecule has 1 fully saturated rings. The fourth-order valence-electron chi connectivity index (χ4n) is 3.07. The van der Waals surface area contributed by atoms with Gasteiger partial charge < -0.3 is 20.9 Å². The van der Waals surface area contributed by atoms with Gasteiger partial charge in [-0.2, -0.15) is 0 Å². The van der Waals surface area contributed by atoms with Crippen molar-refractivity contribution in [3.63, 3.8) is 0 Å². The van der Waals surface area contributed by atoms with Gasteiger partial charge in [0.2, 0.25) is 0 Å². The topological polar surface area (TPSA) is 67.5 Å². The van der Waals surface area contributed by atoms with Gasteiger partial charge in [0.15, 0.2) is 0 Å². The van der Waals surface area contributed by atoms with E-state index in [4.69, 9.17) is 10.5 Å². The molecule has 0 radical (unpaired) electrons. The van der Waals surface area contributed by atoms with Gasteiger partial charge in [0, 0.05) is 36.7 Å². The van der Waals surface area contributed by atoms with Crippen molar-refractivity contribution in [2.45, 2.75) is 39.0 Å². The SMILES string of the molecule is CCCOc1cc(N)cc(NCC2CCCCC2CO)c1. The minimum Gasteiger partial charge on any atom is -0.493 e. The van der Waals surface area contributed by atoms with E-state index in [1.165, 1.54) is 19.3 Å². The number of rotatable bonds is 7. The lowest BCUT2D eigenvalue weighted by Gasteiger charge is -2.30. The van der Waals surface area contributed by atoms with Crippen molar-refractivity contribution in [3.05, 3.63) is 18.2 Å². The molecule has 118 valence electrons. The highest BCUT2D eigenvalue weighted by Gasteiger charge is 2.24. The molecule has 1 saturated carbocycles. The molecule has 0 spiro atoms. The highest BCUT2D eigenvalue weighted by Crippen LogP contribution is 2.30. The number of anilines is 2. The van der Waals surface area contributed by atoms with Crippen molar-refractivity contribution in [3.8, 4) is 5.75 Å². The molecule has 4 nitrogen and oxygen atoms in total. The van der Waals surface area contributed by atoms with Gasteiger partial charge >= 0.3 is 0 Å². The molecule has 1 aromatic carbocycles. The Morgan fingerprint density at radius 2 is 2.00 bits per heavy atom. The minimum absolute atomic E-state index is 0.300. The first kappa shape index (κ1) is 16.0. The lowest BCUT2D eigenvalue weighted by molar-refractivity contribution is 0.141. The summed E-state index contributed by atoms with van der Waals surface area (Å²) < 4.78 is 5.65. The second-order valence-corrected chi connectivity index (χ2v) is 6.01. The monoisotopic (exact) mass is 292 g/mol. The Morgan fingerprint density at radius 1 is 1.24 bits per heavy atom. The molecule has 21 heavy (non-hydrogen) atoms. The first-order valence-electron chi connectivity index (χ1n) is 8.11. The Labute approximate surface area is 127 Å². The maximum absolute atomic E-state index is 9.48. The van der Waals surface area contributed by atoms with Crippen LogP contribution in [0.1, 0.15) is 39.0 Å². The van der Waals surface area contributed by atoms with Gasteiger partial charge in [-0.3, -0.25) is 0 Å². The standard InChI is InChI=1S/C17H28N2O2/c1-2-7-21-17-9-15(18)8-16(10-17)19-11-13-5-3-4-6-14(13)12-20/h8-10,13-14,19-20H,2-7,11-12,18H2,1H3. The van der Waals surface area contributed by atoms with E-state index in [-0.39, 0.29) is 0 Å². The summed E-state index contributed by atoms with van der Waals surface area (Å²) in [6.45, 7) is 3.98. The first-order chi connectivity index (χ1) is 10.2. The van der Waals surface area contributed by atoms with Gasteiger partial charge in [-0.25, -0.2) is 0 Å². The lowest BCUT2D eigenvalue weighted by atomic mass is 9.79. The average Bonchev–Trinajstić information content (AvgIpc) is 2.50. The minimum atomic E-state index is 0.300. The molecule has 0 saturated heterocycles. The van der Waals surface area contributed by atoms with E-state index in [2.05, 4.69) is 12.2 Å². The Bertz CT molecular complexity index is 437. The predicted molar refractivity (Wildman–Crippen MR) is 87.7 cm³/mol. The maximum Gasteiger partial charge on any atom is 0.123 e. The lowest BCUT2D eigenvalue weighted by Crippen LogP contribution is -2.28. The van der Waals surface area contributed by atoms with Crippen LogP contribution in [-0.4, -0.2) is 24.9 Å². The zero-order valence-electron chi connectivity index (χ0n) is 13.0. The summed E-state index contributed by atoms with van der Waals surface area (Å²) in [7, 11) is 0. The summed E-state index contributed by atoms with van der Waals surface area (Å²) in [5.41, 5.74) is 7.65. The Kier molecular flexibility index (Phi) is 6.18. The molecule has 1 aliphatic carbocycles. The van der Waals surface area contributed by atoms with Crippen LogP contribution in [0.2, 0.25) is 0 Å². The van der Waals surface area contributed by atoms with Gasteiger partial charge in [0.1, 0.15) is 5.75 Å². The van der Waals surface area contributed by atoms with Crippen molar-refractivity contribution >= 4 is 11.4 Å². The largest absolute Gasteiger partial charge is 0.493 e. The highest BCUT2D eigenvalue weighted by molar-refractivity contribution is 5.59. The van der Waals surface area contributed by atoms with Crippen LogP contribution in [-0.2, 0) is 0 Å². The highest BCUT2D eigenvalue weighted by atomic mass is 16.5. The zero-order chi connectivity index (χ0) is 15.1. The molecule has 1 aromatic rings. The van der Waals surface area contributed by atoms with E-state index >= 15 is 0 Å². The van der Waals surface area contributed by atoms with Crippen LogP contribution < -0.4 is 15.8 Å². The number of hydrogen-bond acceptors (Lipinski definition) is 4. The number of benzene rings is 1. The van der Waals surface area contributed by atoms with Crippen LogP contribution in [0, 0.1) is 11.8 Å². The van der Waals surface area contributed by atoms with Crippen LogP contribution in [0.25, 0.3) is 0 Å². The molecule has 0 aromatic heterocycles. The Hall–Kier alpha value is -1.42. The van der Waals surface area contributed by atoms with Crippen LogP contribution in [0.15, 0.2) is 18.2 Å². The second-order valence-electron chi connectivity index (χ2n) is 6.01. The van der Waals surface area contributed by atoms with Crippen LogP contribution >= 0.6 is 0 Å². The molecule has 4 N–H and O–H groups in total. The fraction of sp³-hybridized carbons (Fsp3) is 0.647. The Balaban J connectivity index is 1.93. The van der Waals surface area contributed by atoms with Gasteiger partial charge in [-0.05, 0) is 37.2 Å². The number of hydrogen-bond donors (Lipinski definition) is 3. The van der Waals surface area contributed by atoms with E-state index < -0.39 is 0 Å². The molecule has 4 heteroatoms. The van der Waals surface area contributed by atoms with Crippen molar-refractivity contribution < 1.29 is 9.84 Å². The molecule has 2 unspecified atom stereocenters. The molecular weight excluding hydrogens is 264 g/mol. The van der Waals surface area contributed by atoms with Crippen molar-refractivity contribution in [1.29, 1.82) is 0 Å². The van der Waals surface area contributed by atoms with Crippen molar-refractivity contribution in [2.75, 3.05) is 30.8 Å². The van der Waals surface area contributed by atoms with Crippen molar-refractivity contribution in [1.82, 2.24) is 0 Å². The molecule has 2 rings (SSSR count). The summed E-state index contributed by atoms with van der Waals surface area (Å²) in [6, 6.07) is 5.80. The second kappa shape index (κ2) is 8.13. The van der Waals surface area contributed by atoms with Gasteiger partial charge in [-0.1, -0.05) is 19.8 Å². The van der Waals surface area contributed by atoms with E-state index in [1.807, 2.05) is 18.2 Å². The van der Waals surface area contributed by atoms with Gasteiger partial charge in [0.25, 0.3) is 0 Å². The average molecular weight is 292 g/mol. The predicted octanol–water partition coefficient (Wildman–Crippen LogP) is 3.27. The number of nitrogens with two attached hydrogens (primary N) is 1. The van der Waals surface area contributed by atoms with E-state index in [9.17, 15) is 5.11 Å². The molecule has 1 aliphatic rings. The normalized spacial score (nSPS) is 22.0. The van der Waals surface area contributed by atoms with Crippen molar-refractivity contribution in [2.24, 2.45) is 11.8 Å². The van der Waals surface area contributed by atoms with Crippen LogP contribution in [0.3, 0.4) is 0 Å². The smallest absolute Gasteiger partial charge is 0.123 e. The van der Waals surface area contributed by atoms with Gasteiger partial charge in [0.05, 0.1) is 6.61 Å². The zero-order valence-corrected chi connectivity index (χ0v) is 13.0. The third-order valence-corrected chi connectivity index (χ3v) is 4.27. The molecule has 0 amide bonds. The molecule has 0 aliphatic heterocycles. The fourth-order valence-corrected chi connectivity index (χ4v) is 3.07. The summed E-state index contributed by atoms with van der Waals surface area (Å²) in [5.74, 6) is 1.80. The summed E-state index contributed by atoms with van der Waals surface area (Å²) in [6.07, 6.45) is 5.84. The van der Waals surface area contributed by atoms with Gasteiger partial charge in [-0.15, -0.1) is 0 Å².